The molecule has 2 atom stereocenters. The summed E-state index contributed by atoms with van der Waals surface area (Å²) in [6, 6.07) is -0.467. The Hall–Kier alpha value is -0.650. The highest BCUT2D eigenvalue weighted by Crippen LogP contribution is 2.08. The van der Waals surface area contributed by atoms with Crippen LogP contribution in [-0.2, 0) is 9.53 Å². The third kappa shape index (κ3) is 5.02. The number of rotatable bonds is 7. The van der Waals surface area contributed by atoms with Gasteiger partial charge in [0.25, 0.3) is 0 Å². The van der Waals surface area contributed by atoms with Gasteiger partial charge in [-0.3, -0.25) is 9.69 Å². The van der Waals surface area contributed by atoms with Crippen molar-refractivity contribution in [2.75, 3.05) is 32.8 Å². The van der Waals surface area contributed by atoms with Gasteiger partial charge in [0.05, 0.1) is 12.7 Å². The van der Waals surface area contributed by atoms with Crippen molar-refractivity contribution >= 4 is 5.97 Å². The molecule has 1 aliphatic rings. The SMILES string of the molecule is CCCNC(CN1CCOC(CC)C1)C(=O)O. The Balaban J connectivity index is 2.40. The lowest BCUT2D eigenvalue weighted by molar-refractivity contribution is -0.140. The molecule has 17 heavy (non-hydrogen) atoms. The topological polar surface area (TPSA) is 61.8 Å². The van der Waals surface area contributed by atoms with E-state index in [4.69, 9.17) is 9.84 Å². The summed E-state index contributed by atoms with van der Waals surface area (Å²) in [5.41, 5.74) is 0. The fourth-order valence-corrected chi connectivity index (χ4v) is 2.00. The molecule has 0 radical (unpaired) electrons. The number of nitrogens with zero attached hydrogens (tertiary/aromatic N) is 1. The van der Waals surface area contributed by atoms with Crippen molar-refractivity contribution in [3.05, 3.63) is 0 Å². The van der Waals surface area contributed by atoms with Crippen LogP contribution in [0, 0.1) is 0 Å². The fourth-order valence-electron chi connectivity index (χ4n) is 2.00. The largest absolute Gasteiger partial charge is 0.480 e. The summed E-state index contributed by atoms with van der Waals surface area (Å²) in [5.74, 6) is -0.766. The van der Waals surface area contributed by atoms with Gasteiger partial charge in [0.2, 0.25) is 0 Å². The second-order valence-electron chi connectivity index (χ2n) is 4.51. The highest BCUT2D eigenvalue weighted by molar-refractivity contribution is 5.73. The molecule has 1 saturated heterocycles. The lowest BCUT2D eigenvalue weighted by atomic mass is 10.2. The van der Waals surface area contributed by atoms with Gasteiger partial charge in [-0.25, -0.2) is 0 Å². The molecule has 2 N–H and O–H groups in total. The number of nitrogens with one attached hydrogen (secondary N) is 1. The lowest BCUT2D eigenvalue weighted by Gasteiger charge is -2.34. The quantitative estimate of drug-likeness (QED) is 0.685. The van der Waals surface area contributed by atoms with E-state index < -0.39 is 12.0 Å². The molecule has 0 amide bonds. The average Bonchev–Trinajstić information content (AvgIpc) is 2.34. The van der Waals surface area contributed by atoms with Gasteiger partial charge in [-0.15, -0.1) is 0 Å². The number of ether oxygens (including phenoxy) is 1. The minimum Gasteiger partial charge on any atom is -0.480 e. The van der Waals surface area contributed by atoms with Crippen molar-refractivity contribution in [3.8, 4) is 0 Å². The van der Waals surface area contributed by atoms with Crippen LogP contribution in [0.3, 0.4) is 0 Å². The molecule has 0 spiro atoms. The number of carboxylic acids is 1. The Morgan fingerprint density at radius 3 is 2.94 bits per heavy atom. The van der Waals surface area contributed by atoms with Crippen LogP contribution in [-0.4, -0.2) is 60.9 Å². The predicted molar refractivity (Wildman–Crippen MR) is 66.2 cm³/mol. The number of aliphatic carboxylic acids is 1. The molecule has 1 rings (SSSR count). The molecule has 2 unspecified atom stereocenters. The number of morpholine rings is 1. The molecule has 5 nitrogen and oxygen atoms in total. The van der Waals surface area contributed by atoms with Crippen LogP contribution in [0.2, 0.25) is 0 Å². The van der Waals surface area contributed by atoms with Crippen LogP contribution < -0.4 is 5.32 Å². The Morgan fingerprint density at radius 2 is 2.35 bits per heavy atom. The van der Waals surface area contributed by atoms with Gasteiger partial charge in [-0.1, -0.05) is 13.8 Å². The van der Waals surface area contributed by atoms with Crippen molar-refractivity contribution in [1.82, 2.24) is 10.2 Å². The molecule has 0 aromatic rings. The van der Waals surface area contributed by atoms with Gasteiger partial charge < -0.3 is 15.2 Å². The van der Waals surface area contributed by atoms with Crippen LogP contribution in [0.15, 0.2) is 0 Å². The summed E-state index contributed by atoms with van der Waals surface area (Å²) in [7, 11) is 0. The zero-order chi connectivity index (χ0) is 12.7. The van der Waals surface area contributed by atoms with Crippen LogP contribution in [0.4, 0.5) is 0 Å². The molecule has 0 aromatic heterocycles. The van der Waals surface area contributed by atoms with E-state index in [0.29, 0.717) is 13.2 Å². The molecule has 1 fully saturated rings. The van der Waals surface area contributed by atoms with Gasteiger partial charge in [-0.2, -0.15) is 0 Å². The molecule has 0 aliphatic carbocycles. The highest BCUT2D eigenvalue weighted by Gasteiger charge is 2.24. The second-order valence-corrected chi connectivity index (χ2v) is 4.51. The van der Waals surface area contributed by atoms with Crippen molar-refractivity contribution in [2.45, 2.75) is 38.8 Å². The van der Waals surface area contributed by atoms with Gasteiger partial charge in [-0.05, 0) is 19.4 Å². The maximum Gasteiger partial charge on any atom is 0.322 e. The van der Waals surface area contributed by atoms with Crippen molar-refractivity contribution in [3.63, 3.8) is 0 Å². The minimum atomic E-state index is -0.766. The summed E-state index contributed by atoms with van der Waals surface area (Å²) in [6.45, 7) is 7.82. The first-order chi connectivity index (χ1) is 8.17. The standard InChI is InChI=1S/C12H24N2O3/c1-3-5-13-11(12(15)16)9-14-6-7-17-10(4-2)8-14/h10-11,13H,3-9H2,1-2H3,(H,15,16). The van der Waals surface area contributed by atoms with Gasteiger partial charge >= 0.3 is 5.97 Å². The van der Waals surface area contributed by atoms with E-state index in [1.807, 2.05) is 6.92 Å². The maximum atomic E-state index is 11.1. The molecule has 100 valence electrons. The molecule has 5 heteroatoms. The molecule has 1 heterocycles. The average molecular weight is 244 g/mol. The second kappa shape index (κ2) is 7.63. The zero-order valence-electron chi connectivity index (χ0n) is 10.8. The molecular weight excluding hydrogens is 220 g/mol. The summed E-state index contributed by atoms with van der Waals surface area (Å²) in [4.78, 5) is 13.3. The van der Waals surface area contributed by atoms with Gasteiger partial charge in [0.15, 0.2) is 0 Å². The maximum absolute atomic E-state index is 11.1. The molecular formula is C12H24N2O3. The molecule has 0 bridgehead atoms. The summed E-state index contributed by atoms with van der Waals surface area (Å²) >= 11 is 0. The lowest BCUT2D eigenvalue weighted by Crippen LogP contribution is -2.51. The van der Waals surface area contributed by atoms with Crippen LogP contribution >= 0.6 is 0 Å². The van der Waals surface area contributed by atoms with Crippen molar-refractivity contribution in [1.29, 1.82) is 0 Å². The van der Waals surface area contributed by atoms with Crippen molar-refractivity contribution in [2.24, 2.45) is 0 Å². The highest BCUT2D eigenvalue weighted by atomic mass is 16.5. The fraction of sp³-hybridized carbons (Fsp3) is 0.917. The van der Waals surface area contributed by atoms with Gasteiger partial charge in [0, 0.05) is 19.6 Å². The van der Waals surface area contributed by atoms with Crippen LogP contribution in [0.25, 0.3) is 0 Å². The Labute approximate surface area is 103 Å². The first-order valence-corrected chi connectivity index (χ1v) is 6.47. The van der Waals surface area contributed by atoms with E-state index in [2.05, 4.69) is 17.1 Å². The summed E-state index contributed by atoms with van der Waals surface area (Å²) in [6.07, 6.45) is 2.19. The van der Waals surface area contributed by atoms with Crippen LogP contribution in [0.1, 0.15) is 26.7 Å². The van der Waals surface area contributed by atoms with E-state index in [9.17, 15) is 4.79 Å². The summed E-state index contributed by atoms with van der Waals surface area (Å²) in [5, 5.41) is 12.2. The Morgan fingerprint density at radius 1 is 1.59 bits per heavy atom. The van der Waals surface area contributed by atoms with Crippen LogP contribution in [0.5, 0.6) is 0 Å². The zero-order valence-corrected chi connectivity index (χ0v) is 10.8. The number of carbonyl (C=O) groups is 1. The number of carboxylic acid groups (broad SMARTS) is 1. The Kier molecular flexibility index (Phi) is 6.47. The predicted octanol–water partition coefficient (Wildman–Crippen LogP) is 0.550. The third-order valence-electron chi connectivity index (χ3n) is 3.06. The normalized spacial score (nSPS) is 23.5. The smallest absolute Gasteiger partial charge is 0.322 e. The van der Waals surface area contributed by atoms with E-state index in [1.54, 1.807) is 0 Å². The summed E-state index contributed by atoms with van der Waals surface area (Å²) < 4.78 is 5.57. The van der Waals surface area contributed by atoms with E-state index >= 15 is 0 Å². The first kappa shape index (κ1) is 14.4. The number of hydrogen-bond donors (Lipinski definition) is 2. The third-order valence-corrected chi connectivity index (χ3v) is 3.06. The monoisotopic (exact) mass is 244 g/mol. The van der Waals surface area contributed by atoms with E-state index in [-0.39, 0.29) is 6.10 Å². The minimum absolute atomic E-state index is 0.254. The Bertz CT molecular complexity index is 236. The number of hydrogen-bond acceptors (Lipinski definition) is 4. The van der Waals surface area contributed by atoms with E-state index in [1.165, 1.54) is 0 Å². The molecule has 0 saturated carbocycles. The first-order valence-electron chi connectivity index (χ1n) is 6.47. The van der Waals surface area contributed by atoms with E-state index in [0.717, 1.165) is 32.5 Å². The molecule has 1 aliphatic heterocycles. The van der Waals surface area contributed by atoms with Crippen molar-refractivity contribution < 1.29 is 14.6 Å². The molecule has 0 aromatic carbocycles. The van der Waals surface area contributed by atoms with Gasteiger partial charge in [0.1, 0.15) is 6.04 Å².